The highest BCUT2D eigenvalue weighted by Gasteiger charge is 2.45. The number of benzene rings is 2. The maximum absolute atomic E-state index is 12.6. The quantitative estimate of drug-likeness (QED) is 0.717. The Hall–Kier alpha value is -2.35. The molecule has 3 aliphatic rings. The van der Waals surface area contributed by atoms with Crippen molar-refractivity contribution < 1.29 is 17.9 Å². The van der Waals surface area contributed by atoms with E-state index in [-0.39, 0.29) is 18.9 Å². The first-order valence-corrected chi connectivity index (χ1v) is 9.65. The maximum atomic E-state index is 12.6. The monoisotopic (exact) mass is 368 g/mol. The molecule has 6 rings (SSSR count). The van der Waals surface area contributed by atoms with Crippen molar-refractivity contribution in [2.45, 2.75) is 18.5 Å². The number of nitrogens with one attached hydrogen (secondary N) is 1. The summed E-state index contributed by atoms with van der Waals surface area (Å²) in [6.45, 7) is 0.717. The van der Waals surface area contributed by atoms with Crippen molar-refractivity contribution in [1.29, 1.82) is 0 Å². The summed E-state index contributed by atoms with van der Waals surface area (Å²) in [5.74, 6) is 1.48. The normalized spacial score (nSPS) is 26.8. The Labute approximate surface area is 152 Å². The number of fused-ring (bicyclic) bond motifs is 5. The number of H-pyrrole nitrogens is 1. The molecule has 0 saturated carbocycles. The Balaban J connectivity index is 1.58. The van der Waals surface area contributed by atoms with Crippen LogP contribution in [0.1, 0.15) is 22.9 Å². The first-order chi connectivity index (χ1) is 12.8. The van der Waals surface area contributed by atoms with Crippen molar-refractivity contribution in [3.8, 4) is 11.5 Å². The minimum absolute atomic E-state index is 0.0953. The van der Waals surface area contributed by atoms with Gasteiger partial charge in [0.25, 0.3) is 0 Å². The van der Waals surface area contributed by atoms with E-state index >= 15 is 0 Å². The molecular weight excluding hydrogens is 352 g/mol. The summed E-state index contributed by atoms with van der Waals surface area (Å²) in [6.07, 6.45) is 0.826. The van der Waals surface area contributed by atoms with Crippen molar-refractivity contribution in [1.82, 2.24) is 9.29 Å². The van der Waals surface area contributed by atoms with Gasteiger partial charge < -0.3 is 14.5 Å². The zero-order valence-corrected chi connectivity index (χ0v) is 14.6. The number of aromatic amines is 1. The molecule has 132 valence electrons. The zero-order valence-electron chi connectivity index (χ0n) is 13.8. The van der Waals surface area contributed by atoms with Crippen LogP contribution in [0.3, 0.4) is 0 Å². The van der Waals surface area contributed by atoms with E-state index in [1.807, 2.05) is 28.6 Å². The van der Waals surface area contributed by atoms with Crippen LogP contribution >= 0.6 is 0 Å². The van der Waals surface area contributed by atoms with Crippen LogP contribution in [0.2, 0.25) is 0 Å². The van der Waals surface area contributed by atoms with E-state index in [1.54, 1.807) is 0 Å². The Morgan fingerprint density at radius 3 is 2.96 bits per heavy atom. The SMILES string of the molecule is O=S1OCC2Cc3c([nH]c4ccccc34)C(c3ccc4c(c3)OCO4)N21. The third-order valence-electron chi connectivity index (χ3n) is 5.42. The molecule has 0 amide bonds. The highest BCUT2D eigenvalue weighted by molar-refractivity contribution is 7.78. The molecule has 7 heteroatoms. The smallest absolute Gasteiger partial charge is 0.238 e. The van der Waals surface area contributed by atoms with Gasteiger partial charge in [-0.05, 0) is 35.7 Å². The lowest BCUT2D eigenvalue weighted by atomic mass is 9.90. The van der Waals surface area contributed by atoms with E-state index in [2.05, 4.69) is 23.2 Å². The Bertz CT molecular complexity index is 1060. The Kier molecular flexibility index (Phi) is 3.03. The molecular formula is C19H16N2O4S. The largest absolute Gasteiger partial charge is 0.454 e. The van der Waals surface area contributed by atoms with Crippen LogP contribution in [0.15, 0.2) is 42.5 Å². The van der Waals surface area contributed by atoms with Gasteiger partial charge >= 0.3 is 0 Å². The lowest BCUT2D eigenvalue weighted by molar-refractivity contribution is 0.174. The van der Waals surface area contributed by atoms with Gasteiger partial charge in [0.05, 0.1) is 18.7 Å². The zero-order chi connectivity index (χ0) is 17.3. The summed E-state index contributed by atoms with van der Waals surface area (Å²) in [4.78, 5) is 3.56. The predicted octanol–water partition coefficient (Wildman–Crippen LogP) is 2.82. The van der Waals surface area contributed by atoms with Gasteiger partial charge in [-0.2, -0.15) is 4.31 Å². The topological polar surface area (TPSA) is 63.8 Å². The average Bonchev–Trinajstić information content (AvgIpc) is 3.37. The summed E-state index contributed by atoms with van der Waals surface area (Å²) in [6, 6.07) is 14.2. The van der Waals surface area contributed by atoms with Gasteiger partial charge in [-0.1, -0.05) is 24.3 Å². The molecule has 3 unspecified atom stereocenters. The minimum atomic E-state index is -1.46. The molecule has 3 aliphatic heterocycles. The number of ether oxygens (including phenoxy) is 2. The molecule has 0 radical (unpaired) electrons. The highest BCUT2D eigenvalue weighted by Crippen LogP contribution is 2.45. The fourth-order valence-corrected chi connectivity index (χ4v) is 5.45. The molecule has 2 aromatic carbocycles. The van der Waals surface area contributed by atoms with E-state index in [0.717, 1.165) is 34.7 Å². The molecule has 6 nitrogen and oxygen atoms in total. The van der Waals surface area contributed by atoms with Crippen LogP contribution in [-0.4, -0.2) is 32.9 Å². The van der Waals surface area contributed by atoms with Gasteiger partial charge in [0.15, 0.2) is 11.5 Å². The molecule has 0 bridgehead atoms. The summed E-state index contributed by atoms with van der Waals surface area (Å²) in [5, 5.41) is 1.23. The molecule has 1 saturated heterocycles. The van der Waals surface area contributed by atoms with E-state index in [1.165, 1.54) is 10.9 Å². The number of hydrogen-bond donors (Lipinski definition) is 1. The van der Waals surface area contributed by atoms with Crippen molar-refractivity contribution in [3.63, 3.8) is 0 Å². The first-order valence-electron chi connectivity index (χ1n) is 8.62. The Morgan fingerprint density at radius 2 is 2.00 bits per heavy atom. The van der Waals surface area contributed by atoms with Crippen LogP contribution in [0, 0.1) is 0 Å². The van der Waals surface area contributed by atoms with Gasteiger partial charge in [0.1, 0.15) is 0 Å². The predicted molar refractivity (Wildman–Crippen MR) is 96.1 cm³/mol. The van der Waals surface area contributed by atoms with Gasteiger partial charge in [-0.25, -0.2) is 4.21 Å². The van der Waals surface area contributed by atoms with Gasteiger partial charge in [-0.15, -0.1) is 0 Å². The second-order valence-electron chi connectivity index (χ2n) is 6.80. The second kappa shape index (κ2) is 5.33. The molecule has 0 aliphatic carbocycles. The first kappa shape index (κ1) is 14.8. The van der Waals surface area contributed by atoms with Crippen LogP contribution < -0.4 is 9.47 Å². The van der Waals surface area contributed by atoms with E-state index in [4.69, 9.17) is 13.7 Å². The number of para-hydroxylation sites is 1. The highest BCUT2D eigenvalue weighted by atomic mass is 32.2. The van der Waals surface area contributed by atoms with Gasteiger partial charge in [0.2, 0.25) is 18.1 Å². The van der Waals surface area contributed by atoms with Crippen LogP contribution in [-0.2, 0) is 21.9 Å². The third-order valence-corrected chi connectivity index (χ3v) is 6.61. The van der Waals surface area contributed by atoms with Crippen LogP contribution in [0.4, 0.5) is 0 Å². The van der Waals surface area contributed by atoms with Crippen molar-refractivity contribution >= 4 is 22.2 Å². The van der Waals surface area contributed by atoms with E-state index < -0.39 is 11.3 Å². The number of rotatable bonds is 1. The molecule has 1 N–H and O–H groups in total. The van der Waals surface area contributed by atoms with Crippen LogP contribution in [0.5, 0.6) is 11.5 Å². The molecule has 0 spiro atoms. The fraction of sp³-hybridized carbons (Fsp3) is 0.263. The standard InChI is InChI=1S/C19H16N2O4S/c22-26-21-12(9-25-26)8-14-13-3-1-2-4-15(13)20-18(14)19(21)11-5-6-16-17(7-11)24-10-23-16/h1-7,12,19-20H,8-10H2. The molecule has 26 heavy (non-hydrogen) atoms. The lowest BCUT2D eigenvalue weighted by Gasteiger charge is -2.34. The number of hydrogen-bond acceptors (Lipinski definition) is 4. The fourth-order valence-electron chi connectivity index (χ4n) is 4.27. The van der Waals surface area contributed by atoms with E-state index in [9.17, 15) is 4.21 Å². The van der Waals surface area contributed by atoms with Crippen molar-refractivity contribution in [2.24, 2.45) is 0 Å². The molecule has 3 atom stereocenters. The summed E-state index contributed by atoms with van der Waals surface area (Å²) in [7, 11) is 0. The summed E-state index contributed by atoms with van der Waals surface area (Å²) >= 11 is -1.46. The Morgan fingerprint density at radius 1 is 1.12 bits per heavy atom. The molecule has 1 fully saturated rings. The number of aromatic nitrogens is 1. The molecule has 3 aromatic rings. The van der Waals surface area contributed by atoms with E-state index in [0.29, 0.717) is 6.61 Å². The third kappa shape index (κ3) is 1.96. The van der Waals surface area contributed by atoms with Crippen LogP contribution in [0.25, 0.3) is 10.9 Å². The summed E-state index contributed by atoms with van der Waals surface area (Å²) in [5.41, 5.74) is 4.49. The number of nitrogens with zero attached hydrogens (tertiary/aromatic N) is 1. The molecule has 4 heterocycles. The lowest BCUT2D eigenvalue weighted by Crippen LogP contribution is -2.41. The average molecular weight is 368 g/mol. The van der Waals surface area contributed by atoms with Crippen molar-refractivity contribution in [3.05, 3.63) is 59.3 Å². The second-order valence-corrected chi connectivity index (χ2v) is 7.89. The minimum Gasteiger partial charge on any atom is -0.454 e. The molecule has 1 aromatic heterocycles. The van der Waals surface area contributed by atoms with Crippen molar-refractivity contribution in [2.75, 3.05) is 13.4 Å². The van der Waals surface area contributed by atoms with Gasteiger partial charge in [0, 0.05) is 16.6 Å². The summed E-state index contributed by atoms with van der Waals surface area (Å²) < 4.78 is 31.0. The van der Waals surface area contributed by atoms with Gasteiger partial charge in [-0.3, -0.25) is 4.18 Å². The maximum Gasteiger partial charge on any atom is 0.238 e.